The van der Waals surface area contributed by atoms with Crippen LogP contribution in [-0.4, -0.2) is 4.98 Å². The molecule has 8 heteroatoms. The van der Waals surface area contributed by atoms with Crippen LogP contribution in [0, 0.1) is 5.82 Å². The molecule has 0 aliphatic heterocycles. The van der Waals surface area contributed by atoms with Crippen molar-refractivity contribution in [2.45, 2.75) is 6.18 Å². The molecule has 0 spiro atoms. The Morgan fingerprint density at radius 3 is 2.55 bits per heavy atom. The predicted molar refractivity (Wildman–Crippen MR) is 65.1 cm³/mol. The third-order valence-electron chi connectivity index (χ3n) is 2.32. The fraction of sp³-hybridized carbons (Fsp3) is 0.0833. The molecule has 1 aromatic heterocycles. The van der Waals surface area contributed by atoms with Gasteiger partial charge in [-0.3, -0.25) is 0 Å². The fourth-order valence-corrected chi connectivity index (χ4v) is 1.54. The second kappa shape index (κ2) is 5.16. The lowest BCUT2D eigenvalue weighted by atomic mass is 10.3. The average molecular weight is 307 g/mol. The Morgan fingerprint density at radius 1 is 1.20 bits per heavy atom. The zero-order valence-electron chi connectivity index (χ0n) is 9.71. The Labute approximate surface area is 115 Å². The molecule has 2 N–H and O–H groups in total. The van der Waals surface area contributed by atoms with Crippen LogP contribution in [0.1, 0.15) is 5.69 Å². The Bertz CT molecular complexity index is 646. The van der Waals surface area contributed by atoms with E-state index in [9.17, 15) is 17.6 Å². The van der Waals surface area contributed by atoms with Crippen molar-refractivity contribution in [1.29, 1.82) is 0 Å². The molecule has 2 aromatic rings. The van der Waals surface area contributed by atoms with Gasteiger partial charge in [-0.2, -0.15) is 13.2 Å². The second-order valence-electron chi connectivity index (χ2n) is 3.76. The number of ether oxygens (including phenoxy) is 1. The third-order valence-corrected chi connectivity index (χ3v) is 2.61. The largest absolute Gasteiger partial charge is 0.452 e. The predicted octanol–water partition coefficient (Wildman–Crippen LogP) is 4.27. The second-order valence-corrected chi connectivity index (χ2v) is 4.17. The monoisotopic (exact) mass is 306 g/mol. The van der Waals surface area contributed by atoms with Crippen molar-refractivity contribution in [1.82, 2.24) is 4.98 Å². The van der Waals surface area contributed by atoms with Crippen LogP contribution in [0.3, 0.4) is 0 Å². The third kappa shape index (κ3) is 2.93. The average Bonchev–Trinajstić information content (AvgIpc) is 2.36. The SMILES string of the molecule is Nc1cnc(C(F)(F)F)cc1Oc1cccc(Cl)c1F. The van der Waals surface area contributed by atoms with Crippen molar-refractivity contribution in [2.75, 3.05) is 5.73 Å². The van der Waals surface area contributed by atoms with Crippen molar-refractivity contribution in [3.8, 4) is 11.5 Å². The molecule has 0 aliphatic rings. The van der Waals surface area contributed by atoms with Crippen LogP contribution in [0.5, 0.6) is 11.5 Å². The molecule has 2 rings (SSSR count). The molecule has 0 radical (unpaired) electrons. The van der Waals surface area contributed by atoms with Crippen LogP contribution in [0.4, 0.5) is 23.2 Å². The van der Waals surface area contributed by atoms with Gasteiger partial charge >= 0.3 is 6.18 Å². The number of pyridine rings is 1. The maximum atomic E-state index is 13.6. The smallest absolute Gasteiger partial charge is 0.433 e. The number of hydrogen-bond acceptors (Lipinski definition) is 3. The highest BCUT2D eigenvalue weighted by atomic mass is 35.5. The number of hydrogen-bond donors (Lipinski definition) is 1. The Kier molecular flexibility index (Phi) is 3.71. The minimum atomic E-state index is -4.65. The van der Waals surface area contributed by atoms with E-state index in [0.29, 0.717) is 6.07 Å². The van der Waals surface area contributed by atoms with E-state index in [4.69, 9.17) is 22.1 Å². The first-order valence-electron chi connectivity index (χ1n) is 5.23. The number of halogens is 5. The summed E-state index contributed by atoms with van der Waals surface area (Å²) in [5.41, 5.74) is 4.11. The van der Waals surface area contributed by atoms with E-state index in [1.807, 2.05) is 0 Å². The van der Waals surface area contributed by atoms with Gasteiger partial charge in [-0.15, -0.1) is 0 Å². The number of rotatable bonds is 2. The first kappa shape index (κ1) is 14.4. The Hall–Kier alpha value is -2.02. The Morgan fingerprint density at radius 2 is 1.90 bits per heavy atom. The minimum absolute atomic E-state index is 0.155. The molecule has 0 atom stereocenters. The summed E-state index contributed by atoms with van der Waals surface area (Å²) < 4.78 is 56.2. The van der Waals surface area contributed by atoms with Gasteiger partial charge in [-0.1, -0.05) is 17.7 Å². The topological polar surface area (TPSA) is 48.1 Å². The molecule has 0 amide bonds. The van der Waals surface area contributed by atoms with Gasteiger partial charge in [-0.25, -0.2) is 9.37 Å². The number of aromatic nitrogens is 1. The maximum absolute atomic E-state index is 13.6. The van der Waals surface area contributed by atoms with E-state index in [2.05, 4.69) is 4.98 Å². The van der Waals surface area contributed by atoms with Gasteiger partial charge in [0.05, 0.1) is 16.9 Å². The number of benzene rings is 1. The van der Waals surface area contributed by atoms with Crippen LogP contribution in [0.25, 0.3) is 0 Å². The lowest BCUT2D eigenvalue weighted by Gasteiger charge is -2.12. The number of nitrogens with zero attached hydrogens (tertiary/aromatic N) is 1. The van der Waals surface area contributed by atoms with Crippen molar-refractivity contribution in [2.24, 2.45) is 0 Å². The van der Waals surface area contributed by atoms with Crippen molar-refractivity contribution < 1.29 is 22.3 Å². The van der Waals surface area contributed by atoms with E-state index < -0.39 is 17.7 Å². The van der Waals surface area contributed by atoms with Gasteiger partial charge in [-0.05, 0) is 12.1 Å². The van der Waals surface area contributed by atoms with Gasteiger partial charge in [0, 0.05) is 6.07 Å². The minimum Gasteiger partial charge on any atom is -0.452 e. The molecule has 0 aliphatic carbocycles. The molecule has 0 fully saturated rings. The van der Waals surface area contributed by atoms with Gasteiger partial charge < -0.3 is 10.5 Å². The van der Waals surface area contributed by atoms with Crippen molar-refractivity contribution in [3.63, 3.8) is 0 Å². The van der Waals surface area contributed by atoms with E-state index in [0.717, 1.165) is 6.20 Å². The molecule has 3 nitrogen and oxygen atoms in total. The normalized spacial score (nSPS) is 11.4. The lowest BCUT2D eigenvalue weighted by molar-refractivity contribution is -0.141. The molecule has 0 saturated heterocycles. The summed E-state index contributed by atoms with van der Waals surface area (Å²) in [6, 6.07) is 4.48. The summed E-state index contributed by atoms with van der Waals surface area (Å²) >= 11 is 5.55. The van der Waals surface area contributed by atoms with Gasteiger partial charge in [0.25, 0.3) is 0 Å². The number of alkyl halides is 3. The highest BCUT2D eigenvalue weighted by molar-refractivity contribution is 6.30. The standard InChI is InChI=1S/C12H7ClF4N2O/c13-6-2-1-3-8(11(6)14)20-9-4-10(12(15,16)17)19-5-7(9)18/h1-5H,18H2. The lowest BCUT2D eigenvalue weighted by Crippen LogP contribution is -2.09. The van der Waals surface area contributed by atoms with E-state index in [1.165, 1.54) is 18.2 Å². The molecular formula is C12H7ClF4N2O. The van der Waals surface area contributed by atoms with Crippen LogP contribution < -0.4 is 10.5 Å². The summed E-state index contributed by atoms with van der Waals surface area (Å²) in [5.74, 6) is -1.57. The summed E-state index contributed by atoms with van der Waals surface area (Å²) in [7, 11) is 0. The molecule has 0 bridgehead atoms. The summed E-state index contributed by atoms with van der Waals surface area (Å²) in [6.45, 7) is 0. The van der Waals surface area contributed by atoms with E-state index in [-0.39, 0.29) is 22.2 Å². The fourth-order valence-electron chi connectivity index (χ4n) is 1.37. The summed E-state index contributed by atoms with van der Waals surface area (Å²) in [4.78, 5) is 3.14. The van der Waals surface area contributed by atoms with Crippen LogP contribution in [0.15, 0.2) is 30.5 Å². The molecule has 0 unspecified atom stereocenters. The molecule has 1 heterocycles. The van der Waals surface area contributed by atoms with E-state index in [1.54, 1.807) is 0 Å². The number of nitrogens with two attached hydrogens (primary N) is 1. The molecule has 20 heavy (non-hydrogen) atoms. The van der Waals surface area contributed by atoms with Gasteiger partial charge in [0.2, 0.25) is 0 Å². The molecule has 0 saturated carbocycles. The highest BCUT2D eigenvalue weighted by Crippen LogP contribution is 2.35. The molecule has 1 aromatic carbocycles. The van der Waals surface area contributed by atoms with Crippen molar-refractivity contribution in [3.05, 3.63) is 47.0 Å². The first-order valence-corrected chi connectivity index (χ1v) is 5.61. The van der Waals surface area contributed by atoms with Crippen LogP contribution >= 0.6 is 11.6 Å². The van der Waals surface area contributed by atoms with Crippen LogP contribution in [-0.2, 0) is 6.18 Å². The highest BCUT2D eigenvalue weighted by Gasteiger charge is 2.33. The quantitative estimate of drug-likeness (QED) is 0.843. The summed E-state index contributed by atoms with van der Waals surface area (Å²) in [6.07, 6.45) is -3.86. The molecule has 106 valence electrons. The summed E-state index contributed by atoms with van der Waals surface area (Å²) in [5, 5.41) is -0.217. The maximum Gasteiger partial charge on any atom is 0.433 e. The van der Waals surface area contributed by atoms with Gasteiger partial charge in [0.1, 0.15) is 5.69 Å². The van der Waals surface area contributed by atoms with Crippen LogP contribution in [0.2, 0.25) is 5.02 Å². The zero-order valence-corrected chi connectivity index (χ0v) is 10.5. The number of nitrogen functional groups attached to an aromatic ring is 1. The first-order chi connectivity index (χ1) is 9.29. The zero-order chi connectivity index (χ0) is 14.9. The van der Waals surface area contributed by atoms with E-state index >= 15 is 0 Å². The molecular weight excluding hydrogens is 300 g/mol. The van der Waals surface area contributed by atoms with Gasteiger partial charge in [0.15, 0.2) is 17.3 Å². The Balaban J connectivity index is 2.41. The van der Waals surface area contributed by atoms with Crippen molar-refractivity contribution >= 4 is 17.3 Å². The number of anilines is 1.